The van der Waals surface area contributed by atoms with Crippen LogP contribution < -0.4 is 5.32 Å². The van der Waals surface area contributed by atoms with E-state index in [0.717, 1.165) is 17.0 Å². The van der Waals surface area contributed by atoms with Crippen molar-refractivity contribution in [2.24, 2.45) is 14.1 Å². The maximum absolute atomic E-state index is 12.3. The molecule has 1 saturated carbocycles. The number of nitrogens with zero attached hydrogens (tertiary/aromatic N) is 4. The second-order valence-electron chi connectivity index (χ2n) is 5.86. The molecular weight excluding hydrogens is 266 g/mol. The standard InChI is InChI=1S/C15H21N5O/c1-9(12-8-16-19(3)10(12)2)17-15(21)13-7-14(11-5-6-11)20(4)18-13/h7-9,11H,5-6H2,1-4H3,(H,17,21)/t9-/m0/s1. The number of rotatable bonds is 4. The zero-order valence-electron chi connectivity index (χ0n) is 12.9. The Morgan fingerprint density at radius 2 is 2.10 bits per heavy atom. The van der Waals surface area contributed by atoms with Crippen LogP contribution in [0, 0.1) is 6.92 Å². The summed E-state index contributed by atoms with van der Waals surface area (Å²) < 4.78 is 3.64. The predicted octanol–water partition coefficient (Wildman–Crippen LogP) is 1.83. The average Bonchev–Trinajstić information content (AvgIpc) is 3.12. The number of hydrogen-bond acceptors (Lipinski definition) is 3. The third-order valence-electron chi connectivity index (χ3n) is 4.23. The van der Waals surface area contributed by atoms with E-state index >= 15 is 0 Å². The van der Waals surface area contributed by atoms with Crippen molar-refractivity contribution in [3.05, 3.63) is 34.9 Å². The zero-order chi connectivity index (χ0) is 15.1. The zero-order valence-corrected chi connectivity index (χ0v) is 12.9. The highest BCUT2D eigenvalue weighted by atomic mass is 16.2. The largest absolute Gasteiger partial charge is 0.344 e. The van der Waals surface area contributed by atoms with Crippen LogP contribution in [0.25, 0.3) is 0 Å². The van der Waals surface area contributed by atoms with Crippen molar-refractivity contribution in [3.8, 4) is 0 Å². The van der Waals surface area contributed by atoms with Crippen molar-refractivity contribution in [1.82, 2.24) is 24.9 Å². The van der Waals surface area contributed by atoms with Gasteiger partial charge in [-0.1, -0.05) is 0 Å². The van der Waals surface area contributed by atoms with E-state index in [1.54, 1.807) is 6.20 Å². The maximum Gasteiger partial charge on any atom is 0.272 e. The maximum atomic E-state index is 12.3. The van der Waals surface area contributed by atoms with E-state index in [4.69, 9.17) is 0 Å². The van der Waals surface area contributed by atoms with Crippen molar-refractivity contribution in [3.63, 3.8) is 0 Å². The SMILES string of the molecule is Cc1c([C@H](C)NC(=O)c2cc(C3CC3)n(C)n2)cnn1C. The van der Waals surface area contributed by atoms with Crippen LogP contribution in [-0.2, 0) is 14.1 Å². The fraction of sp³-hybridized carbons (Fsp3) is 0.533. The molecule has 0 radical (unpaired) electrons. The second-order valence-corrected chi connectivity index (χ2v) is 5.86. The number of aromatic nitrogens is 4. The molecule has 1 atom stereocenters. The molecule has 0 spiro atoms. The van der Waals surface area contributed by atoms with Crippen LogP contribution >= 0.6 is 0 Å². The van der Waals surface area contributed by atoms with E-state index in [0.29, 0.717) is 11.6 Å². The highest BCUT2D eigenvalue weighted by Gasteiger charge is 2.28. The summed E-state index contributed by atoms with van der Waals surface area (Å²) in [6.07, 6.45) is 4.20. The van der Waals surface area contributed by atoms with Gasteiger partial charge in [-0.3, -0.25) is 14.2 Å². The molecule has 0 saturated heterocycles. The van der Waals surface area contributed by atoms with Gasteiger partial charge in [-0.05, 0) is 32.8 Å². The van der Waals surface area contributed by atoms with Gasteiger partial charge in [0.15, 0.2) is 0 Å². The van der Waals surface area contributed by atoms with Crippen LogP contribution in [0.2, 0.25) is 0 Å². The van der Waals surface area contributed by atoms with E-state index in [9.17, 15) is 4.79 Å². The fourth-order valence-corrected chi connectivity index (χ4v) is 2.64. The molecule has 0 unspecified atom stereocenters. The highest BCUT2D eigenvalue weighted by Crippen LogP contribution is 2.39. The van der Waals surface area contributed by atoms with Gasteiger partial charge < -0.3 is 5.32 Å². The molecule has 3 rings (SSSR count). The van der Waals surface area contributed by atoms with Crippen LogP contribution in [0.4, 0.5) is 0 Å². The average molecular weight is 287 g/mol. The van der Waals surface area contributed by atoms with Crippen molar-refractivity contribution in [2.45, 2.75) is 38.6 Å². The molecule has 6 heteroatoms. The van der Waals surface area contributed by atoms with Gasteiger partial charge in [-0.2, -0.15) is 10.2 Å². The van der Waals surface area contributed by atoms with Gasteiger partial charge in [0.2, 0.25) is 0 Å². The van der Waals surface area contributed by atoms with Gasteiger partial charge in [0, 0.05) is 37.0 Å². The van der Waals surface area contributed by atoms with Crippen LogP contribution in [0.5, 0.6) is 0 Å². The molecule has 1 N–H and O–H groups in total. The first kappa shape index (κ1) is 13.9. The molecule has 112 valence electrons. The van der Waals surface area contributed by atoms with Gasteiger partial charge in [0.25, 0.3) is 5.91 Å². The Morgan fingerprint density at radius 1 is 1.38 bits per heavy atom. The van der Waals surface area contributed by atoms with E-state index in [1.165, 1.54) is 12.8 Å². The minimum Gasteiger partial charge on any atom is -0.344 e. The van der Waals surface area contributed by atoms with Crippen LogP contribution in [0.1, 0.15) is 59.2 Å². The molecule has 1 aliphatic carbocycles. The lowest BCUT2D eigenvalue weighted by atomic mass is 10.1. The molecule has 0 aromatic carbocycles. The Hall–Kier alpha value is -2.11. The van der Waals surface area contributed by atoms with Gasteiger partial charge in [0.1, 0.15) is 5.69 Å². The summed E-state index contributed by atoms with van der Waals surface area (Å²) in [5, 5.41) is 11.5. The summed E-state index contributed by atoms with van der Waals surface area (Å²) >= 11 is 0. The predicted molar refractivity (Wildman–Crippen MR) is 79.0 cm³/mol. The normalized spacial score (nSPS) is 16.0. The van der Waals surface area contributed by atoms with Crippen LogP contribution in [0.3, 0.4) is 0 Å². The van der Waals surface area contributed by atoms with E-state index in [-0.39, 0.29) is 11.9 Å². The smallest absolute Gasteiger partial charge is 0.272 e. The Kier molecular flexibility index (Phi) is 3.31. The molecule has 1 amide bonds. The van der Waals surface area contributed by atoms with Crippen molar-refractivity contribution in [1.29, 1.82) is 0 Å². The molecule has 0 aliphatic heterocycles. The van der Waals surface area contributed by atoms with Crippen molar-refractivity contribution in [2.75, 3.05) is 0 Å². The number of aryl methyl sites for hydroxylation is 2. The lowest BCUT2D eigenvalue weighted by Crippen LogP contribution is -2.27. The Morgan fingerprint density at radius 3 is 2.67 bits per heavy atom. The number of amides is 1. The van der Waals surface area contributed by atoms with Crippen LogP contribution in [0.15, 0.2) is 12.3 Å². The topological polar surface area (TPSA) is 64.7 Å². The monoisotopic (exact) mass is 287 g/mol. The summed E-state index contributed by atoms with van der Waals surface area (Å²) in [5.41, 5.74) is 3.74. The minimum atomic E-state index is -0.131. The molecule has 21 heavy (non-hydrogen) atoms. The Balaban J connectivity index is 1.73. The molecule has 0 bridgehead atoms. The van der Waals surface area contributed by atoms with Crippen molar-refractivity contribution >= 4 is 5.91 Å². The first-order valence-electron chi connectivity index (χ1n) is 7.30. The molecule has 6 nitrogen and oxygen atoms in total. The van der Waals surface area contributed by atoms with Crippen molar-refractivity contribution < 1.29 is 4.79 Å². The minimum absolute atomic E-state index is 0.0856. The van der Waals surface area contributed by atoms with Crippen LogP contribution in [-0.4, -0.2) is 25.5 Å². The third kappa shape index (κ3) is 2.57. The lowest BCUT2D eigenvalue weighted by Gasteiger charge is -2.12. The quantitative estimate of drug-likeness (QED) is 0.933. The molecule has 2 aromatic heterocycles. The number of hydrogen-bond donors (Lipinski definition) is 1. The first-order chi connectivity index (χ1) is 9.97. The molecule has 1 aliphatic rings. The Labute approximate surface area is 124 Å². The second kappa shape index (κ2) is 5.02. The molecule has 2 aromatic rings. The summed E-state index contributed by atoms with van der Waals surface area (Å²) in [7, 11) is 3.80. The summed E-state index contributed by atoms with van der Waals surface area (Å²) in [4.78, 5) is 12.3. The first-order valence-corrected chi connectivity index (χ1v) is 7.30. The Bertz CT molecular complexity index is 680. The fourth-order valence-electron chi connectivity index (χ4n) is 2.64. The number of carbonyl (C=O) groups is 1. The van der Waals surface area contributed by atoms with E-state index in [1.807, 2.05) is 43.4 Å². The van der Waals surface area contributed by atoms with Gasteiger partial charge >= 0.3 is 0 Å². The van der Waals surface area contributed by atoms with E-state index < -0.39 is 0 Å². The highest BCUT2D eigenvalue weighted by molar-refractivity contribution is 5.92. The third-order valence-corrected chi connectivity index (χ3v) is 4.23. The number of nitrogens with one attached hydrogen (secondary N) is 1. The molecule has 1 fully saturated rings. The molecular formula is C15H21N5O. The summed E-state index contributed by atoms with van der Waals surface area (Å²) in [5.74, 6) is 0.454. The molecule has 2 heterocycles. The summed E-state index contributed by atoms with van der Waals surface area (Å²) in [6, 6.07) is 1.83. The van der Waals surface area contributed by atoms with Gasteiger partial charge in [-0.15, -0.1) is 0 Å². The van der Waals surface area contributed by atoms with E-state index in [2.05, 4.69) is 15.5 Å². The summed E-state index contributed by atoms with van der Waals surface area (Å²) in [6.45, 7) is 3.96. The number of carbonyl (C=O) groups excluding carboxylic acids is 1. The van der Waals surface area contributed by atoms with Gasteiger partial charge in [0.05, 0.1) is 12.2 Å². The van der Waals surface area contributed by atoms with Gasteiger partial charge in [-0.25, -0.2) is 0 Å². The lowest BCUT2D eigenvalue weighted by molar-refractivity contribution is 0.0934.